The van der Waals surface area contributed by atoms with Gasteiger partial charge in [-0.05, 0) is 46.4 Å². The number of hydrogen-bond donors (Lipinski definition) is 1. The van der Waals surface area contributed by atoms with Crippen molar-refractivity contribution in [3.05, 3.63) is 39.9 Å². The van der Waals surface area contributed by atoms with Crippen molar-refractivity contribution in [3.8, 4) is 0 Å². The van der Waals surface area contributed by atoms with E-state index in [1.807, 2.05) is 0 Å². The van der Waals surface area contributed by atoms with Crippen LogP contribution < -0.4 is 4.72 Å². The van der Waals surface area contributed by atoms with Gasteiger partial charge in [0.05, 0.1) is 11.4 Å². The van der Waals surface area contributed by atoms with E-state index in [0.717, 1.165) is 0 Å². The lowest BCUT2D eigenvalue weighted by atomic mass is 10.3. The van der Waals surface area contributed by atoms with Crippen LogP contribution in [0.25, 0.3) is 0 Å². The van der Waals surface area contributed by atoms with Crippen LogP contribution in [0.5, 0.6) is 0 Å². The Morgan fingerprint density at radius 3 is 2.71 bits per heavy atom. The molecule has 2 aromatic rings. The monoisotopic (exact) mass is 332 g/mol. The molecular formula is C10H9BrN2O2S2. The van der Waals surface area contributed by atoms with Crippen molar-refractivity contribution in [2.45, 2.75) is 11.1 Å². The standard InChI is InChI=1S/C10H9BrN2O2S2/c1-7-8(4-5-9(11)12-7)13-17(14,15)10-3-2-6-16-10/h2-6,13H,1H3. The second-order valence-corrected chi connectivity index (χ2v) is 6.97. The first-order chi connectivity index (χ1) is 7.99. The number of nitrogens with zero attached hydrogens (tertiary/aromatic N) is 1. The quantitative estimate of drug-likeness (QED) is 0.879. The zero-order chi connectivity index (χ0) is 12.5. The van der Waals surface area contributed by atoms with Crippen LogP contribution in [0.1, 0.15) is 5.69 Å². The van der Waals surface area contributed by atoms with Crippen molar-refractivity contribution < 1.29 is 8.42 Å². The van der Waals surface area contributed by atoms with Crippen LogP contribution in [0, 0.1) is 6.92 Å². The molecule has 0 spiro atoms. The van der Waals surface area contributed by atoms with E-state index in [1.54, 1.807) is 36.6 Å². The molecule has 0 saturated heterocycles. The summed E-state index contributed by atoms with van der Waals surface area (Å²) in [6, 6.07) is 6.64. The third-order valence-electron chi connectivity index (χ3n) is 2.06. The number of thiophene rings is 1. The first-order valence-electron chi connectivity index (χ1n) is 4.68. The van der Waals surface area contributed by atoms with Gasteiger partial charge in [-0.2, -0.15) is 0 Å². The van der Waals surface area contributed by atoms with Crippen LogP contribution in [0.2, 0.25) is 0 Å². The van der Waals surface area contributed by atoms with E-state index in [-0.39, 0.29) is 0 Å². The average molecular weight is 333 g/mol. The fourth-order valence-corrected chi connectivity index (χ4v) is 3.76. The largest absolute Gasteiger partial charge is 0.277 e. The van der Waals surface area contributed by atoms with Gasteiger partial charge in [0.1, 0.15) is 8.81 Å². The number of anilines is 1. The van der Waals surface area contributed by atoms with E-state index in [1.165, 1.54) is 11.3 Å². The summed E-state index contributed by atoms with van der Waals surface area (Å²) in [6.07, 6.45) is 0. The molecule has 0 aliphatic heterocycles. The van der Waals surface area contributed by atoms with Crippen molar-refractivity contribution >= 4 is 43.0 Å². The minimum atomic E-state index is -3.49. The molecule has 2 heterocycles. The van der Waals surface area contributed by atoms with E-state index >= 15 is 0 Å². The number of sulfonamides is 1. The predicted octanol–water partition coefficient (Wildman–Crippen LogP) is 3.01. The highest BCUT2D eigenvalue weighted by Crippen LogP contribution is 2.22. The summed E-state index contributed by atoms with van der Waals surface area (Å²) in [7, 11) is -3.49. The third kappa shape index (κ3) is 2.85. The van der Waals surface area contributed by atoms with Gasteiger partial charge in [-0.1, -0.05) is 6.07 Å². The van der Waals surface area contributed by atoms with Crippen molar-refractivity contribution in [2.24, 2.45) is 0 Å². The summed E-state index contributed by atoms with van der Waals surface area (Å²) in [6.45, 7) is 1.75. The Morgan fingerprint density at radius 2 is 2.12 bits per heavy atom. The molecule has 0 amide bonds. The number of aryl methyl sites for hydroxylation is 1. The zero-order valence-corrected chi connectivity index (χ0v) is 12.1. The fraction of sp³-hybridized carbons (Fsp3) is 0.100. The summed E-state index contributed by atoms with van der Waals surface area (Å²) < 4.78 is 27.4. The number of rotatable bonds is 3. The van der Waals surface area contributed by atoms with Crippen molar-refractivity contribution in [3.63, 3.8) is 0 Å². The molecule has 17 heavy (non-hydrogen) atoms. The Kier molecular flexibility index (Phi) is 3.50. The maximum absolute atomic E-state index is 12.0. The van der Waals surface area contributed by atoms with Gasteiger partial charge in [-0.3, -0.25) is 4.72 Å². The van der Waals surface area contributed by atoms with Gasteiger partial charge in [0.2, 0.25) is 0 Å². The van der Waals surface area contributed by atoms with Crippen LogP contribution >= 0.6 is 27.3 Å². The first kappa shape index (κ1) is 12.5. The van der Waals surface area contributed by atoms with Crippen molar-refractivity contribution in [1.29, 1.82) is 0 Å². The Labute approximate surface area is 112 Å². The molecule has 7 heteroatoms. The molecular weight excluding hydrogens is 324 g/mol. The smallest absolute Gasteiger partial charge is 0.271 e. The Morgan fingerprint density at radius 1 is 1.35 bits per heavy atom. The van der Waals surface area contributed by atoms with Crippen LogP contribution in [0.4, 0.5) is 5.69 Å². The van der Waals surface area contributed by atoms with Gasteiger partial charge in [0.25, 0.3) is 10.0 Å². The normalized spacial score (nSPS) is 11.4. The lowest BCUT2D eigenvalue weighted by Gasteiger charge is -2.08. The maximum atomic E-state index is 12.0. The number of hydrogen-bond acceptors (Lipinski definition) is 4. The molecule has 0 aliphatic carbocycles. The molecule has 1 N–H and O–H groups in total. The maximum Gasteiger partial charge on any atom is 0.271 e. The molecule has 4 nitrogen and oxygen atoms in total. The van der Waals surface area contributed by atoms with Gasteiger partial charge in [-0.15, -0.1) is 11.3 Å². The predicted molar refractivity (Wildman–Crippen MR) is 71.8 cm³/mol. The van der Waals surface area contributed by atoms with Crippen LogP contribution in [0.15, 0.2) is 38.5 Å². The number of aromatic nitrogens is 1. The highest BCUT2D eigenvalue weighted by Gasteiger charge is 2.16. The second kappa shape index (κ2) is 4.75. The summed E-state index contributed by atoms with van der Waals surface area (Å²) >= 11 is 4.41. The summed E-state index contributed by atoms with van der Waals surface area (Å²) in [4.78, 5) is 4.13. The minimum Gasteiger partial charge on any atom is -0.277 e. The minimum absolute atomic E-state index is 0.291. The molecule has 0 saturated carbocycles. The van der Waals surface area contributed by atoms with Gasteiger partial charge in [0.15, 0.2) is 0 Å². The molecule has 90 valence electrons. The van der Waals surface area contributed by atoms with Crippen molar-refractivity contribution in [1.82, 2.24) is 4.98 Å². The zero-order valence-electron chi connectivity index (χ0n) is 8.84. The lowest BCUT2D eigenvalue weighted by molar-refractivity contribution is 0.603. The molecule has 0 fully saturated rings. The molecule has 0 aliphatic rings. The van der Waals surface area contributed by atoms with E-state index in [4.69, 9.17) is 0 Å². The summed E-state index contributed by atoms with van der Waals surface area (Å²) in [5, 5.41) is 1.72. The highest BCUT2D eigenvalue weighted by molar-refractivity contribution is 9.10. The Bertz CT molecular complexity index is 624. The molecule has 0 bridgehead atoms. The summed E-state index contributed by atoms with van der Waals surface area (Å²) in [5.41, 5.74) is 1.11. The van der Waals surface area contributed by atoms with Crippen LogP contribution in [-0.2, 0) is 10.0 Å². The van der Waals surface area contributed by atoms with Gasteiger partial charge < -0.3 is 0 Å². The highest BCUT2D eigenvalue weighted by atomic mass is 79.9. The number of halogens is 1. The average Bonchev–Trinajstić information content (AvgIpc) is 2.76. The van der Waals surface area contributed by atoms with Gasteiger partial charge >= 0.3 is 0 Å². The molecule has 0 aromatic carbocycles. The van der Waals surface area contributed by atoms with Crippen LogP contribution in [0.3, 0.4) is 0 Å². The fourth-order valence-electron chi connectivity index (χ4n) is 1.25. The molecule has 2 rings (SSSR count). The lowest BCUT2D eigenvalue weighted by Crippen LogP contribution is -2.12. The number of pyridine rings is 1. The molecule has 0 atom stereocenters. The molecule has 2 aromatic heterocycles. The third-order valence-corrected chi connectivity index (χ3v) is 5.26. The SMILES string of the molecule is Cc1nc(Br)ccc1NS(=O)(=O)c1cccs1. The van der Waals surface area contributed by atoms with E-state index < -0.39 is 10.0 Å². The Hall–Kier alpha value is -0.920. The topological polar surface area (TPSA) is 59.1 Å². The summed E-state index contributed by atoms with van der Waals surface area (Å²) in [5.74, 6) is 0. The van der Waals surface area contributed by atoms with Crippen LogP contribution in [-0.4, -0.2) is 13.4 Å². The Balaban J connectivity index is 2.33. The second-order valence-electron chi connectivity index (χ2n) is 3.30. The molecule has 0 unspecified atom stereocenters. The number of nitrogens with one attached hydrogen (secondary N) is 1. The molecule has 0 radical (unpaired) electrons. The van der Waals surface area contributed by atoms with Gasteiger partial charge in [0, 0.05) is 0 Å². The van der Waals surface area contributed by atoms with E-state index in [2.05, 4.69) is 25.6 Å². The van der Waals surface area contributed by atoms with Gasteiger partial charge in [-0.25, -0.2) is 13.4 Å². The first-order valence-corrected chi connectivity index (χ1v) is 7.84. The van der Waals surface area contributed by atoms with Crippen molar-refractivity contribution in [2.75, 3.05) is 4.72 Å². The van der Waals surface area contributed by atoms with E-state index in [9.17, 15) is 8.42 Å². The van der Waals surface area contributed by atoms with E-state index in [0.29, 0.717) is 20.2 Å².